The number of nitrogens with zero attached hydrogens (tertiary/aromatic N) is 2. The van der Waals surface area contributed by atoms with Crippen LogP contribution >= 0.6 is 0 Å². The van der Waals surface area contributed by atoms with Crippen molar-refractivity contribution in [1.29, 1.82) is 0 Å². The molecule has 3 heterocycles. The van der Waals surface area contributed by atoms with E-state index in [0.29, 0.717) is 24.8 Å². The molecular formula is C18H30N6O2. The lowest BCUT2D eigenvalue weighted by Gasteiger charge is -2.17. The van der Waals surface area contributed by atoms with Gasteiger partial charge in [0.1, 0.15) is 24.5 Å². The van der Waals surface area contributed by atoms with Crippen molar-refractivity contribution in [2.75, 3.05) is 12.3 Å². The molecule has 0 radical (unpaired) electrons. The Morgan fingerprint density at radius 3 is 2.88 bits per heavy atom. The zero-order valence-corrected chi connectivity index (χ0v) is 14.7. The van der Waals surface area contributed by atoms with Gasteiger partial charge in [-0.15, -0.1) is 0 Å². The molecule has 3 atom stereocenters. The van der Waals surface area contributed by atoms with Crippen LogP contribution in [0.3, 0.4) is 0 Å². The van der Waals surface area contributed by atoms with E-state index in [1.54, 1.807) is 0 Å². The second-order valence-electron chi connectivity index (χ2n) is 7.09. The van der Waals surface area contributed by atoms with E-state index in [9.17, 15) is 4.79 Å². The average molecular weight is 362 g/mol. The van der Waals surface area contributed by atoms with Gasteiger partial charge < -0.3 is 26.5 Å². The van der Waals surface area contributed by atoms with Gasteiger partial charge in [-0.2, -0.15) is 0 Å². The monoisotopic (exact) mass is 362 g/mol. The van der Waals surface area contributed by atoms with Crippen LogP contribution in [-0.2, 0) is 9.53 Å². The number of nitrogens with two attached hydrogens (primary N) is 2. The van der Waals surface area contributed by atoms with Crippen molar-refractivity contribution < 1.29 is 9.53 Å². The Morgan fingerprint density at radius 2 is 2.15 bits per heavy atom. The molecule has 8 heteroatoms. The molecule has 1 saturated heterocycles. The van der Waals surface area contributed by atoms with Crippen LogP contribution in [0.25, 0.3) is 11.0 Å². The lowest BCUT2D eigenvalue weighted by atomic mass is 10.1. The van der Waals surface area contributed by atoms with E-state index in [4.69, 9.17) is 16.2 Å². The van der Waals surface area contributed by atoms with Crippen molar-refractivity contribution in [3.8, 4) is 0 Å². The van der Waals surface area contributed by atoms with Gasteiger partial charge in [0.15, 0.2) is 5.82 Å². The number of hydrogen-bond donors (Lipinski definition) is 4. The Labute approximate surface area is 154 Å². The summed E-state index contributed by atoms with van der Waals surface area (Å²) in [5, 5.41) is 3.50. The Kier molecular flexibility index (Phi) is 6.55. The zero-order chi connectivity index (χ0) is 18.0. The number of esters is 1. The predicted molar refractivity (Wildman–Crippen MR) is 102 cm³/mol. The number of ether oxygens (including phenoxy) is 1. The highest BCUT2D eigenvalue weighted by Gasteiger charge is 2.29. The van der Waals surface area contributed by atoms with Gasteiger partial charge in [-0.25, -0.2) is 9.97 Å². The van der Waals surface area contributed by atoms with Crippen LogP contribution in [0, 0.1) is 5.92 Å². The second kappa shape index (κ2) is 8.46. The van der Waals surface area contributed by atoms with E-state index in [1.807, 2.05) is 20.0 Å². The number of nitrogens with one attached hydrogen (secondary N) is 2. The predicted octanol–water partition coefficient (Wildman–Crippen LogP) is 1.89. The van der Waals surface area contributed by atoms with Gasteiger partial charge in [-0.05, 0) is 25.2 Å². The van der Waals surface area contributed by atoms with E-state index in [1.165, 1.54) is 6.33 Å². The maximum absolute atomic E-state index is 11.9. The second-order valence-corrected chi connectivity index (χ2v) is 7.09. The molecule has 0 saturated carbocycles. The number of anilines is 1. The topological polar surface area (TPSA) is 132 Å². The summed E-state index contributed by atoms with van der Waals surface area (Å²) in [6.45, 7) is 4.40. The zero-order valence-electron chi connectivity index (χ0n) is 14.7. The fourth-order valence-corrected chi connectivity index (χ4v) is 3.33. The molecule has 8 nitrogen and oxygen atoms in total. The van der Waals surface area contributed by atoms with Crippen molar-refractivity contribution in [3.63, 3.8) is 0 Å². The van der Waals surface area contributed by atoms with Crippen molar-refractivity contribution in [2.24, 2.45) is 11.7 Å². The molecule has 144 valence electrons. The third-order valence-corrected chi connectivity index (χ3v) is 4.59. The smallest absolute Gasteiger partial charge is 0.322 e. The minimum Gasteiger partial charge on any atom is -0.463 e. The molecule has 0 aromatic carbocycles. The molecule has 2 unspecified atom stereocenters. The molecule has 1 aliphatic heterocycles. The summed E-state index contributed by atoms with van der Waals surface area (Å²) in [5.41, 5.74) is 14.4. The quantitative estimate of drug-likeness (QED) is 0.577. The summed E-state index contributed by atoms with van der Waals surface area (Å²) in [4.78, 5) is 23.4. The third-order valence-electron chi connectivity index (χ3n) is 4.59. The van der Waals surface area contributed by atoms with Crippen LogP contribution in [0.15, 0.2) is 12.5 Å². The molecule has 0 amide bonds. The van der Waals surface area contributed by atoms with E-state index in [2.05, 4.69) is 20.3 Å². The minimum absolute atomic E-state index is 0. The van der Waals surface area contributed by atoms with Crippen LogP contribution in [0.5, 0.6) is 0 Å². The fourth-order valence-electron chi connectivity index (χ4n) is 3.33. The summed E-state index contributed by atoms with van der Waals surface area (Å²) >= 11 is 0. The van der Waals surface area contributed by atoms with E-state index < -0.39 is 6.04 Å². The van der Waals surface area contributed by atoms with E-state index in [0.717, 1.165) is 29.4 Å². The van der Waals surface area contributed by atoms with Crippen LogP contribution in [-0.4, -0.2) is 39.6 Å². The van der Waals surface area contributed by atoms with Gasteiger partial charge in [0.25, 0.3) is 0 Å². The minimum atomic E-state index is -0.550. The molecule has 3 rings (SSSR count). The lowest BCUT2D eigenvalue weighted by molar-refractivity contribution is -0.146. The largest absolute Gasteiger partial charge is 0.463 e. The first-order valence-electron chi connectivity index (χ1n) is 8.71. The highest BCUT2D eigenvalue weighted by Crippen LogP contribution is 2.31. The number of nitrogen functional groups attached to an aromatic ring is 1. The van der Waals surface area contributed by atoms with Crippen molar-refractivity contribution in [1.82, 2.24) is 20.3 Å². The molecule has 0 bridgehead atoms. The average Bonchev–Trinajstić information content (AvgIpc) is 3.18. The lowest BCUT2D eigenvalue weighted by Crippen LogP contribution is -2.37. The van der Waals surface area contributed by atoms with Crippen LogP contribution in [0.2, 0.25) is 0 Å². The molecule has 0 spiro atoms. The van der Waals surface area contributed by atoms with Crippen molar-refractivity contribution in [2.45, 2.75) is 58.7 Å². The normalized spacial score (nSPS) is 20.9. The highest BCUT2D eigenvalue weighted by atomic mass is 16.5. The van der Waals surface area contributed by atoms with Gasteiger partial charge in [0.05, 0.1) is 5.52 Å². The van der Waals surface area contributed by atoms with Gasteiger partial charge in [0.2, 0.25) is 0 Å². The van der Waals surface area contributed by atoms with Crippen LogP contribution < -0.4 is 16.8 Å². The van der Waals surface area contributed by atoms with E-state index >= 15 is 0 Å². The van der Waals surface area contributed by atoms with Crippen molar-refractivity contribution >= 4 is 22.8 Å². The Hall–Kier alpha value is -2.19. The maximum Gasteiger partial charge on any atom is 0.322 e. The summed E-state index contributed by atoms with van der Waals surface area (Å²) in [6.07, 6.45) is 5.89. The molecular weight excluding hydrogens is 332 g/mol. The molecule has 1 fully saturated rings. The summed E-state index contributed by atoms with van der Waals surface area (Å²) in [7, 11) is 0. The first kappa shape index (κ1) is 20.1. The maximum atomic E-state index is 11.9. The Balaban J connectivity index is 0.00000243. The van der Waals surface area contributed by atoms with Gasteiger partial charge in [-0.1, -0.05) is 21.3 Å². The van der Waals surface area contributed by atoms with Gasteiger partial charge >= 0.3 is 5.97 Å². The summed E-state index contributed by atoms with van der Waals surface area (Å²) in [5.74, 6) is 0.484. The molecule has 1 aliphatic rings. The molecule has 26 heavy (non-hydrogen) atoms. The molecule has 0 aliphatic carbocycles. The number of carbonyl (C=O) groups excluding carboxylic acids is 1. The number of aromatic amines is 1. The Morgan fingerprint density at radius 1 is 1.38 bits per heavy atom. The number of rotatable bonds is 6. The molecule has 2 aromatic rings. The highest BCUT2D eigenvalue weighted by molar-refractivity contribution is 5.87. The molecule has 2 aromatic heterocycles. The van der Waals surface area contributed by atoms with Gasteiger partial charge in [0, 0.05) is 23.8 Å². The SMILES string of the molecule is C.CC(C)CC(N)C(=O)OCC1CC[C@H](c2c[nH]c3c(N)ncnc23)N1. The summed E-state index contributed by atoms with van der Waals surface area (Å²) < 4.78 is 5.38. The number of aromatic nitrogens is 3. The number of fused-ring (bicyclic) bond motifs is 1. The van der Waals surface area contributed by atoms with Gasteiger partial charge in [-0.3, -0.25) is 4.79 Å². The third kappa shape index (κ3) is 4.31. The van der Waals surface area contributed by atoms with Crippen molar-refractivity contribution in [3.05, 3.63) is 18.1 Å². The number of H-pyrrole nitrogens is 1. The fraction of sp³-hybridized carbons (Fsp3) is 0.611. The molecule has 6 N–H and O–H groups in total. The number of carbonyl (C=O) groups is 1. The Bertz CT molecular complexity index is 744. The van der Waals surface area contributed by atoms with Crippen LogP contribution in [0.1, 0.15) is 52.1 Å². The first-order valence-corrected chi connectivity index (χ1v) is 8.71. The number of hydrogen-bond acceptors (Lipinski definition) is 7. The van der Waals surface area contributed by atoms with E-state index in [-0.39, 0.29) is 25.5 Å². The standard InChI is InChI=1S/C17H26N6O2.CH4/c1-9(2)5-12(18)17(24)25-7-10-3-4-13(23-10)11-6-20-15-14(11)21-8-22-16(15)19;/h6,8-10,12-13,20,23H,3-5,7,18H2,1-2H3,(H2,19,21,22);1H4/t10?,12?,13-;/m1./s1. The first-order chi connectivity index (χ1) is 12.0. The van der Waals surface area contributed by atoms with Crippen LogP contribution in [0.4, 0.5) is 5.82 Å². The summed E-state index contributed by atoms with van der Waals surface area (Å²) in [6, 6.07) is -0.286.